The predicted octanol–water partition coefficient (Wildman–Crippen LogP) is 4.71. The molecule has 6 nitrogen and oxygen atoms in total. The van der Waals surface area contributed by atoms with Crippen molar-refractivity contribution < 1.29 is 13.2 Å². The summed E-state index contributed by atoms with van der Waals surface area (Å²) in [5.74, 6) is 0. The number of hydrogen-bond acceptors (Lipinski definition) is 4. The monoisotopic (exact) mass is 447 g/mol. The maximum absolute atomic E-state index is 12.9. The Morgan fingerprint density at radius 3 is 2.42 bits per heavy atom. The van der Waals surface area contributed by atoms with Crippen LogP contribution < -0.4 is 5.56 Å². The van der Waals surface area contributed by atoms with Crippen LogP contribution in [0, 0.1) is 0 Å². The van der Waals surface area contributed by atoms with Crippen molar-refractivity contribution in [2.45, 2.75) is 12.7 Å². The van der Waals surface area contributed by atoms with E-state index < -0.39 is 11.7 Å². The van der Waals surface area contributed by atoms with Crippen LogP contribution in [0.25, 0.3) is 27.8 Å². The van der Waals surface area contributed by atoms with E-state index in [0.717, 1.165) is 23.0 Å². The highest BCUT2D eigenvalue weighted by atomic mass is 19.4. The fraction of sp³-hybridized carbons (Fsp3) is 0.0833. The molecule has 0 fully saturated rings. The summed E-state index contributed by atoms with van der Waals surface area (Å²) in [6, 6.07) is 15.5. The average molecular weight is 447 g/mol. The van der Waals surface area contributed by atoms with Gasteiger partial charge in [-0.1, -0.05) is 18.2 Å². The van der Waals surface area contributed by atoms with Crippen LogP contribution >= 0.6 is 0 Å². The summed E-state index contributed by atoms with van der Waals surface area (Å²) in [6.07, 6.45) is 1.98. The van der Waals surface area contributed by atoms with Gasteiger partial charge in [-0.15, -0.1) is 0 Å². The third kappa shape index (κ3) is 4.00. The third-order valence-electron chi connectivity index (χ3n) is 5.25. The molecule has 0 unspecified atom stereocenters. The van der Waals surface area contributed by atoms with Crippen molar-refractivity contribution in [2.75, 3.05) is 0 Å². The fourth-order valence-electron chi connectivity index (χ4n) is 3.64. The quantitative estimate of drug-likeness (QED) is 0.400. The molecule has 0 aliphatic carbocycles. The molecule has 5 aromatic rings. The van der Waals surface area contributed by atoms with Gasteiger partial charge in [-0.3, -0.25) is 14.8 Å². The molecule has 5 rings (SSSR count). The first-order valence-electron chi connectivity index (χ1n) is 10.0. The first-order chi connectivity index (χ1) is 15.9. The minimum absolute atomic E-state index is 0.230. The van der Waals surface area contributed by atoms with E-state index in [1.165, 1.54) is 22.8 Å². The van der Waals surface area contributed by atoms with Crippen LogP contribution in [0.5, 0.6) is 0 Å². The van der Waals surface area contributed by atoms with E-state index in [-0.39, 0.29) is 12.1 Å². The molecule has 2 aromatic carbocycles. The molecule has 3 heterocycles. The van der Waals surface area contributed by atoms with Gasteiger partial charge in [0, 0.05) is 35.6 Å². The van der Waals surface area contributed by atoms with Gasteiger partial charge in [0.15, 0.2) is 0 Å². The highest BCUT2D eigenvalue weighted by Gasteiger charge is 2.30. The lowest BCUT2D eigenvalue weighted by Gasteiger charge is -2.08. The molecule has 0 radical (unpaired) electrons. The second kappa shape index (κ2) is 8.01. The van der Waals surface area contributed by atoms with E-state index in [9.17, 15) is 18.0 Å². The van der Waals surface area contributed by atoms with Crippen molar-refractivity contribution in [3.8, 4) is 16.9 Å². The Kier molecular flexibility index (Phi) is 5.01. The molecule has 33 heavy (non-hydrogen) atoms. The number of benzene rings is 2. The smallest absolute Gasteiger partial charge is 0.309 e. The Bertz CT molecular complexity index is 1490. The Morgan fingerprint density at radius 2 is 1.73 bits per heavy atom. The summed E-state index contributed by atoms with van der Waals surface area (Å²) >= 11 is 0. The zero-order chi connectivity index (χ0) is 23.0. The molecule has 0 saturated heterocycles. The van der Waals surface area contributed by atoms with E-state index >= 15 is 0 Å². The summed E-state index contributed by atoms with van der Waals surface area (Å²) in [4.78, 5) is 20.9. The van der Waals surface area contributed by atoms with Crippen LogP contribution in [0.2, 0.25) is 0 Å². The maximum Gasteiger partial charge on any atom is 0.416 e. The van der Waals surface area contributed by atoms with Gasteiger partial charge >= 0.3 is 6.18 Å². The molecule has 164 valence electrons. The number of pyridine rings is 1. The highest BCUT2D eigenvalue weighted by molar-refractivity contribution is 5.94. The first-order valence-corrected chi connectivity index (χ1v) is 10.0. The lowest BCUT2D eigenvalue weighted by molar-refractivity contribution is -0.137. The number of alkyl halides is 3. The van der Waals surface area contributed by atoms with Gasteiger partial charge in [0.1, 0.15) is 5.69 Å². The third-order valence-corrected chi connectivity index (χ3v) is 5.25. The summed E-state index contributed by atoms with van der Waals surface area (Å²) in [6.45, 7) is 0.285. The van der Waals surface area contributed by atoms with E-state index in [4.69, 9.17) is 0 Å². The number of fused-ring (bicyclic) bond motifs is 1. The van der Waals surface area contributed by atoms with Gasteiger partial charge in [-0.05, 0) is 36.4 Å². The van der Waals surface area contributed by atoms with Crippen molar-refractivity contribution in [1.82, 2.24) is 24.3 Å². The van der Waals surface area contributed by atoms with Crippen LogP contribution in [-0.2, 0) is 12.7 Å². The Morgan fingerprint density at radius 1 is 0.939 bits per heavy atom. The topological polar surface area (TPSA) is 65.6 Å². The molecule has 0 aliphatic heterocycles. The lowest BCUT2D eigenvalue weighted by atomic mass is 10.1. The van der Waals surface area contributed by atoms with Gasteiger partial charge in [-0.25, -0.2) is 4.68 Å². The van der Waals surface area contributed by atoms with E-state index in [2.05, 4.69) is 15.1 Å². The van der Waals surface area contributed by atoms with Crippen molar-refractivity contribution >= 4 is 10.9 Å². The molecule has 0 saturated carbocycles. The summed E-state index contributed by atoms with van der Waals surface area (Å²) < 4.78 is 41.9. The fourth-order valence-corrected chi connectivity index (χ4v) is 3.64. The largest absolute Gasteiger partial charge is 0.416 e. The molecular weight excluding hydrogens is 431 g/mol. The SMILES string of the molecule is O=c1cc(-c2nn(-c3ccc(C(F)(F)F)cc3)c3ccccc23)ccn1Cc1cnccn1. The highest BCUT2D eigenvalue weighted by Crippen LogP contribution is 2.32. The number of para-hydroxylation sites is 1. The summed E-state index contributed by atoms with van der Waals surface area (Å²) in [7, 11) is 0. The average Bonchev–Trinajstić information content (AvgIpc) is 3.20. The number of aromatic nitrogens is 5. The van der Waals surface area contributed by atoms with Gasteiger partial charge in [0.05, 0.1) is 35.2 Å². The second-order valence-electron chi connectivity index (χ2n) is 7.40. The number of nitrogens with zero attached hydrogens (tertiary/aromatic N) is 5. The first kappa shape index (κ1) is 20.6. The molecule has 0 aliphatic rings. The van der Waals surface area contributed by atoms with Gasteiger partial charge in [-0.2, -0.15) is 18.3 Å². The summed E-state index contributed by atoms with van der Waals surface area (Å²) in [5.41, 5.74) is 2.08. The number of hydrogen-bond donors (Lipinski definition) is 0. The normalized spacial score (nSPS) is 11.7. The summed E-state index contributed by atoms with van der Waals surface area (Å²) in [5, 5.41) is 5.42. The van der Waals surface area contributed by atoms with Crippen molar-refractivity contribution in [3.63, 3.8) is 0 Å². The van der Waals surface area contributed by atoms with Crippen molar-refractivity contribution in [2.24, 2.45) is 0 Å². The van der Waals surface area contributed by atoms with Crippen molar-refractivity contribution in [3.05, 3.63) is 107 Å². The molecule has 3 aromatic heterocycles. The van der Waals surface area contributed by atoms with Gasteiger partial charge < -0.3 is 4.57 Å². The van der Waals surface area contributed by atoms with E-state index in [0.29, 0.717) is 22.6 Å². The molecule has 9 heteroatoms. The minimum Gasteiger partial charge on any atom is -0.309 e. The van der Waals surface area contributed by atoms with Crippen LogP contribution in [0.4, 0.5) is 13.2 Å². The van der Waals surface area contributed by atoms with E-state index in [1.807, 2.05) is 24.3 Å². The number of halogens is 3. The minimum atomic E-state index is -4.41. The molecule has 0 N–H and O–H groups in total. The Hall–Kier alpha value is -4.27. The molecule has 0 amide bonds. The van der Waals surface area contributed by atoms with Crippen LogP contribution in [0.15, 0.2) is 90.2 Å². The van der Waals surface area contributed by atoms with Gasteiger partial charge in [0.25, 0.3) is 5.56 Å². The molecule has 0 spiro atoms. The van der Waals surface area contributed by atoms with Crippen LogP contribution in [0.1, 0.15) is 11.3 Å². The molecular formula is C24H16F3N5O. The zero-order valence-corrected chi connectivity index (χ0v) is 17.1. The molecule has 0 atom stereocenters. The second-order valence-corrected chi connectivity index (χ2v) is 7.40. The van der Waals surface area contributed by atoms with Crippen LogP contribution in [-0.4, -0.2) is 24.3 Å². The number of rotatable bonds is 4. The molecule has 0 bridgehead atoms. The zero-order valence-electron chi connectivity index (χ0n) is 17.1. The standard InChI is InChI=1S/C24H16F3N5O/c25-24(26,27)17-5-7-19(8-6-17)32-21-4-2-1-3-20(21)23(30-32)16-9-12-31(22(33)13-16)15-18-14-28-10-11-29-18/h1-14H,15H2. The Labute approximate surface area is 185 Å². The van der Waals surface area contributed by atoms with E-state index in [1.54, 1.807) is 35.5 Å². The maximum atomic E-state index is 12.9. The predicted molar refractivity (Wildman–Crippen MR) is 117 cm³/mol. The lowest BCUT2D eigenvalue weighted by Crippen LogP contribution is -2.19. The van der Waals surface area contributed by atoms with Crippen molar-refractivity contribution in [1.29, 1.82) is 0 Å². The Balaban J connectivity index is 1.56. The van der Waals surface area contributed by atoms with Gasteiger partial charge in [0.2, 0.25) is 0 Å². The van der Waals surface area contributed by atoms with Crippen LogP contribution in [0.3, 0.4) is 0 Å².